The summed E-state index contributed by atoms with van der Waals surface area (Å²) in [5.74, 6) is 0.651. The van der Waals surface area contributed by atoms with Crippen LogP contribution < -0.4 is 5.32 Å². The molecule has 1 saturated carbocycles. The fourth-order valence-corrected chi connectivity index (χ4v) is 1.92. The molecule has 2 N–H and O–H groups in total. The van der Waals surface area contributed by atoms with Gasteiger partial charge < -0.3 is 10.4 Å². The third kappa shape index (κ3) is 4.03. The molecule has 0 aromatic heterocycles. The summed E-state index contributed by atoms with van der Waals surface area (Å²) in [5, 5.41) is 12.8. The standard InChI is InChI=1S/C11H21F2NO/c1-8-3-5-11(15,6-4-8)7-14-9(2)10(12)13/h8-10,14-15H,3-7H2,1-2H3. The predicted octanol–water partition coefficient (Wildman–Crippen LogP) is 2.17. The van der Waals surface area contributed by atoms with E-state index in [1.54, 1.807) is 0 Å². The van der Waals surface area contributed by atoms with E-state index in [9.17, 15) is 13.9 Å². The van der Waals surface area contributed by atoms with Crippen molar-refractivity contribution in [2.75, 3.05) is 6.54 Å². The molecule has 0 spiro atoms. The van der Waals surface area contributed by atoms with Gasteiger partial charge in [-0.15, -0.1) is 0 Å². The van der Waals surface area contributed by atoms with E-state index in [4.69, 9.17) is 0 Å². The maximum Gasteiger partial charge on any atom is 0.253 e. The van der Waals surface area contributed by atoms with Gasteiger partial charge in [-0.05, 0) is 38.5 Å². The molecular weight excluding hydrogens is 200 g/mol. The number of rotatable bonds is 4. The predicted molar refractivity (Wildman–Crippen MR) is 56.1 cm³/mol. The highest BCUT2D eigenvalue weighted by atomic mass is 19.3. The highest BCUT2D eigenvalue weighted by Gasteiger charge is 2.32. The molecule has 2 nitrogen and oxygen atoms in total. The van der Waals surface area contributed by atoms with Gasteiger partial charge in [0, 0.05) is 6.54 Å². The Hall–Kier alpha value is -0.220. The average Bonchev–Trinajstić information content (AvgIpc) is 2.19. The molecule has 0 heterocycles. The van der Waals surface area contributed by atoms with Crippen molar-refractivity contribution in [3.05, 3.63) is 0 Å². The van der Waals surface area contributed by atoms with Crippen molar-refractivity contribution in [2.45, 2.75) is 57.6 Å². The maximum absolute atomic E-state index is 12.2. The minimum atomic E-state index is -2.36. The molecule has 1 aliphatic carbocycles. The Morgan fingerprint density at radius 3 is 2.40 bits per heavy atom. The van der Waals surface area contributed by atoms with E-state index in [0.29, 0.717) is 5.92 Å². The quantitative estimate of drug-likeness (QED) is 0.762. The van der Waals surface area contributed by atoms with Gasteiger partial charge in [-0.3, -0.25) is 0 Å². The van der Waals surface area contributed by atoms with E-state index in [1.165, 1.54) is 6.92 Å². The molecule has 1 aliphatic rings. The second-order valence-corrected chi connectivity index (χ2v) is 4.91. The molecule has 1 fully saturated rings. The zero-order chi connectivity index (χ0) is 11.5. The summed E-state index contributed by atoms with van der Waals surface area (Å²) in [6, 6.07) is -0.839. The van der Waals surface area contributed by atoms with Gasteiger partial charge in [0.2, 0.25) is 0 Å². The lowest BCUT2D eigenvalue weighted by atomic mass is 9.79. The smallest absolute Gasteiger partial charge is 0.253 e. The number of halogens is 2. The third-order valence-electron chi connectivity index (χ3n) is 3.34. The number of nitrogens with one attached hydrogen (secondary N) is 1. The molecule has 0 bridgehead atoms. The van der Waals surface area contributed by atoms with Crippen LogP contribution in [0.2, 0.25) is 0 Å². The first-order chi connectivity index (χ1) is 6.93. The molecule has 15 heavy (non-hydrogen) atoms. The number of aliphatic hydroxyl groups is 1. The molecule has 1 rings (SSSR count). The van der Waals surface area contributed by atoms with Gasteiger partial charge >= 0.3 is 0 Å². The van der Waals surface area contributed by atoms with Crippen LogP contribution in [0.15, 0.2) is 0 Å². The number of hydrogen-bond donors (Lipinski definition) is 2. The molecule has 0 saturated heterocycles. The second kappa shape index (κ2) is 5.21. The van der Waals surface area contributed by atoms with Crippen LogP contribution in [-0.4, -0.2) is 29.7 Å². The first-order valence-electron chi connectivity index (χ1n) is 5.67. The first kappa shape index (κ1) is 12.8. The zero-order valence-electron chi connectivity index (χ0n) is 9.47. The van der Waals surface area contributed by atoms with E-state index in [2.05, 4.69) is 12.2 Å². The molecule has 0 radical (unpaired) electrons. The van der Waals surface area contributed by atoms with Crippen molar-refractivity contribution in [1.29, 1.82) is 0 Å². The van der Waals surface area contributed by atoms with E-state index >= 15 is 0 Å². The monoisotopic (exact) mass is 221 g/mol. The summed E-state index contributed by atoms with van der Waals surface area (Å²) in [7, 11) is 0. The Balaban J connectivity index is 2.31. The summed E-state index contributed by atoms with van der Waals surface area (Å²) >= 11 is 0. The van der Waals surface area contributed by atoms with Crippen molar-refractivity contribution in [3.8, 4) is 0 Å². The van der Waals surface area contributed by atoms with Crippen molar-refractivity contribution >= 4 is 0 Å². The largest absolute Gasteiger partial charge is 0.389 e. The zero-order valence-corrected chi connectivity index (χ0v) is 9.47. The number of alkyl halides is 2. The average molecular weight is 221 g/mol. The van der Waals surface area contributed by atoms with Gasteiger partial charge in [0.05, 0.1) is 11.6 Å². The van der Waals surface area contributed by atoms with Gasteiger partial charge in [0.25, 0.3) is 6.43 Å². The highest BCUT2D eigenvalue weighted by Crippen LogP contribution is 2.31. The van der Waals surface area contributed by atoms with Crippen molar-refractivity contribution < 1.29 is 13.9 Å². The highest BCUT2D eigenvalue weighted by molar-refractivity contribution is 4.87. The fourth-order valence-electron chi connectivity index (χ4n) is 1.92. The van der Waals surface area contributed by atoms with E-state index in [1.807, 2.05) is 0 Å². The molecule has 0 aromatic rings. The minimum Gasteiger partial charge on any atom is -0.389 e. The van der Waals surface area contributed by atoms with E-state index in [-0.39, 0.29) is 6.54 Å². The van der Waals surface area contributed by atoms with E-state index in [0.717, 1.165) is 25.7 Å². The summed E-state index contributed by atoms with van der Waals surface area (Å²) < 4.78 is 24.5. The maximum atomic E-state index is 12.2. The molecule has 0 aromatic carbocycles. The molecular formula is C11H21F2NO. The lowest BCUT2D eigenvalue weighted by Crippen LogP contribution is -2.47. The Bertz CT molecular complexity index is 191. The van der Waals surface area contributed by atoms with Crippen LogP contribution in [0.1, 0.15) is 39.5 Å². The Morgan fingerprint density at radius 2 is 1.93 bits per heavy atom. The normalized spacial score (nSPS) is 34.4. The minimum absolute atomic E-state index is 0.283. The molecule has 0 aliphatic heterocycles. The Kier molecular flexibility index (Phi) is 4.46. The van der Waals surface area contributed by atoms with Gasteiger partial charge in [-0.1, -0.05) is 6.92 Å². The van der Waals surface area contributed by atoms with Crippen LogP contribution >= 0.6 is 0 Å². The molecule has 1 atom stereocenters. The van der Waals surface area contributed by atoms with Crippen LogP contribution in [0.25, 0.3) is 0 Å². The second-order valence-electron chi connectivity index (χ2n) is 4.91. The van der Waals surface area contributed by atoms with Crippen LogP contribution in [0.4, 0.5) is 8.78 Å². The van der Waals surface area contributed by atoms with Gasteiger partial charge in [-0.25, -0.2) is 8.78 Å². The molecule has 0 amide bonds. The van der Waals surface area contributed by atoms with Crippen LogP contribution in [0.3, 0.4) is 0 Å². The topological polar surface area (TPSA) is 32.3 Å². The summed E-state index contributed by atoms with van der Waals surface area (Å²) in [5.41, 5.74) is -0.768. The van der Waals surface area contributed by atoms with Crippen molar-refractivity contribution in [2.24, 2.45) is 5.92 Å². The molecule has 4 heteroatoms. The van der Waals surface area contributed by atoms with Crippen LogP contribution in [0, 0.1) is 5.92 Å². The fraction of sp³-hybridized carbons (Fsp3) is 1.00. The molecule has 1 unspecified atom stereocenters. The number of hydrogen-bond acceptors (Lipinski definition) is 2. The summed E-state index contributed by atoms with van der Waals surface area (Å²) in [6.45, 7) is 3.89. The van der Waals surface area contributed by atoms with Crippen molar-refractivity contribution in [3.63, 3.8) is 0 Å². The van der Waals surface area contributed by atoms with Crippen molar-refractivity contribution in [1.82, 2.24) is 5.32 Å². The van der Waals surface area contributed by atoms with Gasteiger partial charge in [-0.2, -0.15) is 0 Å². The van der Waals surface area contributed by atoms with Crippen LogP contribution in [-0.2, 0) is 0 Å². The van der Waals surface area contributed by atoms with Crippen LogP contribution in [0.5, 0.6) is 0 Å². The summed E-state index contributed by atoms with van der Waals surface area (Å²) in [4.78, 5) is 0. The Morgan fingerprint density at radius 1 is 1.40 bits per heavy atom. The Labute approximate surface area is 90.1 Å². The van der Waals surface area contributed by atoms with Gasteiger partial charge in [0.15, 0.2) is 0 Å². The summed E-state index contributed by atoms with van der Waals surface area (Å²) in [6.07, 6.45) is 1.05. The SMILES string of the molecule is CC1CCC(O)(CNC(C)C(F)F)CC1. The van der Waals surface area contributed by atoms with E-state index < -0.39 is 18.1 Å². The molecule has 90 valence electrons. The van der Waals surface area contributed by atoms with Gasteiger partial charge in [0.1, 0.15) is 0 Å². The first-order valence-corrected chi connectivity index (χ1v) is 5.67. The third-order valence-corrected chi connectivity index (χ3v) is 3.34. The lowest BCUT2D eigenvalue weighted by molar-refractivity contribution is -0.0135. The lowest BCUT2D eigenvalue weighted by Gasteiger charge is -2.35.